The topological polar surface area (TPSA) is 78.9 Å². The third-order valence-corrected chi connectivity index (χ3v) is 13.2. The molecule has 0 aliphatic heterocycles. The summed E-state index contributed by atoms with van der Waals surface area (Å²) in [6.45, 7) is 6.50. The molecule has 0 saturated carbocycles. The molecule has 0 bridgehead atoms. The number of carbonyl (C=O) groups is 3. The van der Waals surface area contributed by atoms with Gasteiger partial charge < -0.3 is 14.2 Å². The van der Waals surface area contributed by atoms with Gasteiger partial charge in [0.15, 0.2) is 6.10 Å². The number of hydrogen-bond acceptors (Lipinski definition) is 6. The van der Waals surface area contributed by atoms with Crippen molar-refractivity contribution in [1.82, 2.24) is 0 Å². The minimum Gasteiger partial charge on any atom is -0.462 e. The number of hydrogen-bond donors (Lipinski definition) is 0. The van der Waals surface area contributed by atoms with Gasteiger partial charge in [0.2, 0.25) is 0 Å². The standard InChI is InChI=1S/C65H114O6/c1-4-7-10-13-16-19-22-25-27-29-31-32-34-35-37-40-43-46-49-52-55-58-64(67)70-61-62(60-69-63(66)57-54-51-48-45-42-39-24-21-18-15-12-9-6-3)71-65(68)59-56-53-50-47-44-41-38-36-33-30-28-26-23-20-17-14-11-8-5-2/h8,11,17,20,26,28,33,36,41,44,50,53,62H,4-7,9-10,12-16,18-19,21-25,27,29-32,34-35,37-40,42-43,45-49,51-52,54-61H2,1-3H3/b11-8-,20-17-,28-26-,36-33-,44-41-,53-50-/t62-/m0/s1. The van der Waals surface area contributed by atoms with Crippen molar-refractivity contribution in [2.45, 2.75) is 309 Å². The minimum absolute atomic E-state index is 0.101. The quantitative estimate of drug-likeness (QED) is 0.0261. The van der Waals surface area contributed by atoms with E-state index >= 15 is 0 Å². The molecule has 0 unspecified atom stereocenters. The first-order valence-corrected chi connectivity index (χ1v) is 30.4. The van der Waals surface area contributed by atoms with Crippen LogP contribution in [0.5, 0.6) is 0 Å². The monoisotopic (exact) mass is 991 g/mol. The summed E-state index contributed by atoms with van der Waals surface area (Å²) in [7, 11) is 0. The summed E-state index contributed by atoms with van der Waals surface area (Å²) >= 11 is 0. The second-order valence-corrected chi connectivity index (χ2v) is 20.2. The molecule has 0 amide bonds. The Morgan fingerprint density at radius 3 is 0.831 bits per heavy atom. The highest BCUT2D eigenvalue weighted by Crippen LogP contribution is 2.17. The Balaban J connectivity index is 4.41. The fourth-order valence-electron chi connectivity index (χ4n) is 8.71. The van der Waals surface area contributed by atoms with E-state index in [-0.39, 0.29) is 37.5 Å². The van der Waals surface area contributed by atoms with E-state index in [0.717, 1.165) is 77.0 Å². The minimum atomic E-state index is -0.813. The van der Waals surface area contributed by atoms with E-state index in [2.05, 4.69) is 87.6 Å². The van der Waals surface area contributed by atoms with Crippen LogP contribution in [0.15, 0.2) is 72.9 Å². The molecule has 0 spiro atoms. The average Bonchev–Trinajstić information content (AvgIpc) is 3.37. The van der Waals surface area contributed by atoms with Crippen LogP contribution in [-0.2, 0) is 28.6 Å². The molecule has 6 nitrogen and oxygen atoms in total. The number of ether oxygens (including phenoxy) is 3. The van der Waals surface area contributed by atoms with Gasteiger partial charge in [0.1, 0.15) is 13.2 Å². The molecule has 0 aromatic rings. The molecule has 0 saturated heterocycles. The first kappa shape index (κ1) is 67.8. The smallest absolute Gasteiger partial charge is 0.306 e. The van der Waals surface area contributed by atoms with Crippen LogP contribution >= 0.6 is 0 Å². The van der Waals surface area contributed by atoms with Crippen LogP contribution in [0.2, 0.25) is 0 Å². The first-order chi connectivity index (χ1) is 35.0. The normalized spacial score (nSPS) is 12.5. The zero-order valence-corrected chi connectivity index (χ0v) is 47.0. The fraction of sp³-hybridized carbons (Fsp3) is 0.769. The van der Waals surface area contributed by atoms with E-state index in [4.69, 9.17) is 14.2 Å². The number of rotatable bonds is 55. The summed E-state index contributed by atoms with van der Waals surface area (Å²) in [5, 5.41) is 0. The second-order valence-electron chi connectivity index (χ2n) is 20.2. The van der Waals surface area contributed by atoms with Crippen LogP contribution in [0, 0.1) is 0 Å². The Hall–Kier alpha value is -3.15. The maximum atomic E-state index is 12.8. The van der Waals surface area contributed by atoms with Gasteiger partial charge >= 0.3 is 17.9 Å². The van der Waals surface area contributed by atoms with Gasteiger partial charge in [0, 0.05) is 19.3 Å². The molecule has 0 fully saturated rings. The van der Waals surface area contributed by atoms with E-state index in [0.29, 0.717) is 19.3 Å². The lowest BCUT2D eigenvalue weighted by molar-refractivity contribution is -0.166. The lowest BCUT2D eigenvalue weighted by Gasteiger charge is -2.18. The lowest BCUT2D eigenvalue weighted by atomic mass is 10.0. The Bertz CT molecular complexity index is 1320. The van der Waals surface area contributed by atoms with E-state index in [9.17, 15) is 14.4 Å². The second kappa shape index (κ2) is 59.4. The van der Waals surface area contributed by atoms with Crippen molar-refractivity contribution in [3.8, 4) is 0 Å². The largest absolute Gasteiger partial charge is 0.462 e. The summed E-state index contributed by atoms with van der Waals surface area (Å²) < 4.78 is 16.8. The first-order valence-electron chi connectivity index (χ1n) is 30.4. The molecule has 0 aromatic carbocycles. The number of esters is 3. The zero-order valence-electron chi connectivity index (χ0n) is 47.0. The summed E-state index contributed by atoms with van der Waals surface area (Å²) in [4.78, 5) is 38.2. The van der Waals surface area contributed by atoms with Crippen molar-refractivity contribution in [2.24, 2.45) is 0 Å². The summed E-state index contributed by atoms with van der Waals surface area (Å²) in [5.74, 6) is -0.972. The maximum Gasteiger partial charge on any atom is 0.306 e. The summed E-state index contributed by atoms with van der Waals surface area (Å²) in [5.41, 5.74) is 0. The van der Waals surface area contributed by atoms with Crippen molar-refractivity contribution in [3.63, 3.8) is 0 Å². The van der Waals surface area contributed by atoms with Gasteiger partial charge in [-0.1, -0.05) is 299 Å². The highest BCUT2D eigenvalue weighted by molar-refractivity contribution is 5.71. The molecule has 71 heavy (non-hydrogen) atoms. The van der Waals surface area contributed by atoms with Crippen molar-refractivity contribution in [2.75, 3.05) is 13.2 Å². The summed E-state index contributed by atoms with van der Waals surface area (Å²) in [6, 6.07) is 0. The van der Waals surface area contributed by atoms with Crippen LogP contribution in [0.1, 0.15) is 303 Å². The summed E-state index contributed by atoms with van der Waals surface area (Å²) in [6.07, 6.45) is 76.3. The van der Waals surface area contributed by atoms with E-state index in [1.54, 1.807) is 0 Å². The van der Waals surface area contributed by atoms with Gasteiger partial charge in [-0.3, -0.25) is 14.4 Å². The van der Waals surface area contributed by atoms with Crippen molar-refractivity contribution >= 4 is 17.9 Å². The Morgan fingerprint density at radius 1 is 0.296 bits per heavy atom. The predicted molar refractivity (Wildman–Crippen MR) is 307 cm³/mol. The van der Waals surface area contributed by atoms with Crippen LogP contribution < -0.4 is 0 Å². The van der Waals surface area contributed by atoms with Gasteiger partial charge in [-0.05, 0) is 57.8 Å². The molecule has 0 aliphatic carbocycles. The van der Waals surface area contributed by atoms with E-state index < -0.39 is 6.10 Å². The van der Waals surface area contributed by atoms with Crippen molar-refractivity contribution in [1.29, 1.82) is 0 Å². The van der Waals surface area contributed by atoms with Crippen LogP contribution in [0.3, 0.4) is 0 Å². The van der Waals surface area contributed by atoms with Crippen molar-refractivity contribution in [3.05, 3.63) is 72.9 Å². The lowest BCUT2D eigenvalue weighted by Crippen LogP contribution is -2.30. The Morgan fingerprint density at radius 2 is 0.549 bits per heavy atom. The molecule has 0 aromatic heterocycles. The van der Waals surface area contributed by atoms with Gasteiger partial charge in [-0.2, -0.15) is 0 Å². The maximum absolute atomic E-state index is 12.8. The van der Waals surface area contributed by atoms with Gasteiger partial charge in [0.25, 0.3) is 0 Å². The molecular formula is C65H114O6. The molecule has 410 valence electrons. The molecule has 0 rings (SSSR count). The predicted octanol–water partition coefficient (Wildman–Crippen LogP) is 20.5. The number of carbonyl (C=O) groups excluding carboxylic acids is 3. The average molecular weight is 992 g/mol. The molecule has 0 aliphatic rings. The fourth-order valence-corrected chi connectivity index (χ4v) is 8.71. The Labute approximate surface area is 440 Å². The SMILES string of the molecule is CC/C=C\C/C=C\C/C=C\C/C=C\C/C=C\C/C=C\CCC(=O)O[C@@H](COC(=O)CCCCCCCCCCCCCCC)COC(=O)CCCCCCCCCCCCCCCCCCCCCCC. The number of unbranched alkanes of at least 4 members (excludes halogenated alkanes) is 32. The van der Waals surface area contributed by atoms with E-state index in [1.807, 2.05) is 6.08 Å². The van der Waals surface area contributed by atoms with Crippen LogP contribution in [-0.4, -0.2) is 37.2 Å². The molecule has 0 N–H and O–H groups in total. The molecule has 0 radical (unpaired) electrons. The number of allylic oxidation sites excluding steroid dienone is 12. The highest BCUT2D eigenvalue weighted by atomic mass is 16.6. The third kappa shape index (κ3) is 57.6. The molecule has 1 atom stereocenters. The third-order valence-electron chi connectivity index (χ3n) is 13.2. The van der Waals surface area contributed by atoms with Gasteiger partial charge in [-0.15, -0.1) is 0 Å². The molecule has 0 heterocycles. The van der Waals surface area contributed by atoms with Gasteiger partial charge in [-0.25, -0.2) is 0 Å². The molecule has 6 heteroatoms. The Kier molecular flexibility index (Phi) is 56.8. The van der Waals surface area contributed by atoms with E-state index in [1.165, 1.54) is 180 Å². The van der Waals surface area contributed by atoms with Crippen molar-refractivity contribution < 1.29 is 28.6 Å². The van der Waals surface area contributed by atoms with Gasteiger partial charge in [0.05, 0.1) is 0 Å². The van der Waals surface area contributed by atoms with Crippen LogP contribution in [0.25, 0.3) is 0 Å². The molecular weight excluding hydrogens is 877 g/mol. The zero-order chi connectivity index (χ0) is 51.4. The van der Waals surface area contributed by atoms with Crippen LogP contribution in [0.4, 0.5) is 0 Å². The highest BCUT2D eigenvalue weighted by Gasteiger charge is 2.19.